The minimum Gasteiger partial charge on any atom is -0.225 e. The Morgan fingerprint density at radius 3 is 2.78 bits per heavy atom. The number of halogens is 1. The van der Waals surface area contributed by atoms with Crippen molar-refractivity contribution in [3.05, 3.63) is 36.3 Å². The molecule has 0 aromatic carbocycles. The quantitative estimate of drug-likeness (QED) is 0.520. The summed E-state index contributed by atoms with van der Waals surface area (Å²) in [6.45, 7) is 1.82. The molecule has 1 aromatic heterocycles. The van der Waals surface area contributed by atoms with Gasteiger partial charge < -0.3 is 0 Å². The van der Waals surface area contributed by atoms with Gasteiger partial charge in [0.2, 0.25) is 5.95 Å². The Hall–Kier alpha value is -0.920. The second kappa shape index (κ2) is 2.58. The predicted molar refractivity (Wildman–Crippen MR) is 33.3 cm³/mol. The molecule has 1 radical (unpaired) electrons. The van der Waals surface area contributed by atoms with E-state index in [9.17, 15) is 4.39 Å². The zero-order valence-electron chi connectivity index (χ0n) is 5.13. The van der Waals surface area contributed by atoms with Gasteiger partial charge in [-0.1, -0.05) is 13.0 Å². The summed E-state index contributed by atoms with van der Waals surface area (Å²) in [5, 5.41) is 0. The number of pyridine rings is 1. The first kappa shape index (κ1) is 6.20. The van der Waals surface area contributed by atoms with Gasteiger partial charge in [0.05, 0.1) is 0 Å². The first-order valence-corrected chi connectivity index (χ1v) is 2.75. The maximum Gasteiger partial charge on any atom is 0.213 e. The van der Waals surface area contributed by atoms with E-state index in [4.69, 9.17) is 0 Å². The van der Waals surface area contributed by atoms with Gasteiger partial charge in [-0.05, 0) is 12.1 Å². The van der Waals surface area contributed by atoms with E-state index in [0.717, 1.165) is 0 Å². The fourth-order valence-corrected chi connectivity index (χ4v) is 0.585. The summed E-state index contributed by atoms with van der Waals surface area (Å²) in [6, 6.07) is 4.72. The third-order valence-corrected chi connectivity index (χ3v) is 1.03. The van der Waals surface area contributed by atoms with E-state index in [-0.39, 0.29) is 0 Å². The molecule has 0 atom stereocenters. The van der Waals surface area contributed by atoms with E-state index in [2.05, 4.69) is 4.98 Å². The first-order chi connectivity index (χ1) is 4.33. The van der Waals surface area contributed by atoms with Crippen LogP contribution in [0, 0.1) is 12.4 Å². The van der Waals surface area contributed by atoms with Crippen molar-refractivity contribution in [3.8, 4) is 0 Å². The van der Waals surface area contributed by atoms with Gasteiger partial charge in [0.25, 0.3) is 0 Å². The van der Waals surface area contributed by atoms with E-state index in [0.29, 0.717) is 5.69 Å². The molecule has 0 N–H and O–H groups in total. The Bertz CT molecular complexity index is 198. The maximum atomic E-state index is 12.2. The van der Waals surface area contributed by atoms with Gasteiger partial charge in [-0.15, -0.1) is 0 Å². The molecule has 1 aromatic rings. The van der Waals surface area contributed by atoms with Gasteiger partial charge in [0.1, 0.15) is 0 Å². The van der Waals surface area contributed by atoms with Crippen LogP contribution in [0.1, 0.15) is 12.6 Å². The highest BCUT2D eigenvalue weighted by atomic mass is 19.1. The van der Waals surface area contributed by atoms with Crippen LogP contribution in [0.5, 0.6) is 0 Å². The van der Waals surface area contributed by atoms with Crippen LogP contribution in [-0.2, 0) is 0 Å². The van der Waals surface area contributed by atoms with E-state index in [1.807, 2.05) is 6.92 Å². The fourth-order valence-electron chi connectivity index (χ4n) is 0.585. The van der Waals surface area contributed by atoms with Crippen molar-refractivity contribution in [1.82, 2.24) is 4.98 Å². The van der Waals surface area contributed by atoms with Crippen LogP contribution in [0.4, 0.5) is 4.39 Å². The third kappa shape index (κ3) is 1.49. The van der Waals surface area contributed by atoms with Gasteiger partial charge in [0, 0.05) is 12.1 Å². The summed E-state index contributed by atoms with van der Waals surface area (Å²) < 4.78 is 12.2. The van der Waals surface area contributed by atoms with Gasteiger partial charge in [-0.25, -0.2) is 4.98 Å². The Morgan fingerprint density at radius 1 is 1.56 bits per heavy atom. The highest BCUT2D eigenvalue weighted by Gasteiger charge is 1.90. The van der Waals surface area contributed by atoms with Crippen LogP contribution >= 0.6 is 0 Å². The second-order valence-electron chi connectivity index (χ2n) is 1.67. The number of rotatable bonds is 1. The summed E-state index contributed by atoms with van der Waals surface area (Å²) in [7, 11) is 0. The van der Waals surface area contributed by atoms with Crippen molar-refractivity contribution in [2.24, 2.45) is 0 Å². The van der Waals surface area contributed by atoms with Gasteiger partial charge in [-0.2, -0.15) is 4.39 Å². The van der Waals surface area contributed by atoms with Crippen molar-refractivity contribution in [3.63, 3.8) is 0 Å². The highest BCUT2D eigenvalue weighted by molar-refractivity contribution is 5.11. The van der Waals surface area contributed by atoms with Gasteiger partial charge >= 0.3 is 0 Å². The lowest BCUT2D eigenvalue weighted by Crippen LogP contribution is -1.86. The van der Waals surface area contributed by atoms with E-state index < -0.39 is 5.95 Å². The van der Waals surface area contributed by atoms with Crippen LogP contribution in [0.15, 0.2) is 18.2 Å². The molecule has 0 unspecified atom stereocenters. The second-order valence-corrected chi connectivity index (χ2v) is 1.67. The van der Waals surface area contributed by atoms with E-state index in [1.54, 1.807) is 18.6 Å². The minimum absolute atomic E-state index is 0.425. The summed E-state index contributed by atoms with van der Waals surface area (Å²) >= 11 is 0. The minimum atomic E-state index is -0.425. The van der Waals surface area contributed by atoms with Crippen molar-refractivity contribution < 1.29 is 4.39 Å². The molecule has 47 valence electrons. The molecule has 0 aliphatic carbocycles. The number of nitrogens with zero attached hydrogens (tertiary/aromatic N) is 1. The van der Waals surface area contributed by atoms with Crippen molar-refractivity contribution in [1.29, 1.82) is 0 Å². The molecule has 0 aliphatic heterocycles. The van der Waals surface area contributed by atoms with Crippen molar-refractivity contribution in [2.75, 3.05) is 0 Å². The molecule has 0 fully saturated rings. The molecule has 0 aliphatic rings. The topological polar surface area (TPSA) is 12.9 Å². The van der Waals surface area contributed by atoms with Gasteiger partial charge in [0.15, 0.2) is 0 Å². The van der Waals surface area contributed by atoms with Crippen LogP contribution in [0.2, 0.25) is 0 Å². The van der Waals surface area contributed by atoms with Crippen LogP contribution in [-0.4, -0.2) is 4.98 Å². The molecule has 0 spiro atoms. The number of aromatic nitrogens is 1. The number of hydrogen-bond acceptors (Lipinski definition) is 1. The Morgan fingerprint density at radius 2 is 2.33 bits per heavy atom. The Balaban J connectivity index is 2.94. The average molecular weight is 124 g/mol. The lowest BCUT2D eigenvalue weighted by molar-refractivity contribution is 0.581. The molecule has 0 bridgehead atoms. The molecule has 9 heavy (non-hydrogen) atoms. The van der Waals surface area contributed by atoms with E-state index in [1.165, 1.54) is 6.07 Å². The van der Waals surface area contributed by atoms with E-state index >= 15 is 0 Å². The molecule has 0 saturated heterocycles. The maximum absolute atomic E-state index is 12.2. The predicted octanol–water partition coefficient (Wildman–Crippen LogP) is 1.79. The molecular weight excluding hydrogens is 117 g/mol. The fraction of sp³-hybridized carbons (Fsp3) is 0.143. The monoisotopic (exact) mass is 124 g/mol. The van der Waals surface area contributed by atoms with Gasteiger partial charge in [-0.3, -0.25) is 0 Å². The molecule has 1 heterocycles. The normalized spacial score (nSPS) is 9.56. The zero-order chi connectivity index (χ0) is 6.69. The van der Waals surface area contributed by atoms with Crippen LogP contribution < -0.4 is 0 Å². The summed E-state index contributed by atoms with van der Waals surface area (Å²) in [6.07, 6.45) is 1.75. The molecule has 2 heteroatoms. The van der Waals surface area contributed by atoms with Crippen molar-refractivity contribution in [2.45, 2.75) is 6.92 Å². The Labute approximate surface area is 53.5 Å². The highest BCUT2D eigenvalue weighted by Crippen LogP contribution is 1.98. The SMILES string of the molecule is C[CH]c1cccc(F)n1. The first-order valence-electron chi connectivity index (χ1n) is 2.75. The lowest BCUT2D eigenvalue weighted by Gasteiger charge is -1.91. The average Bonchev–Trinajstić information content (AvgIpc) is 1.88. The Kier molecular flexibility index (Phi) is 1.78. The lowest BCUT2D eigenvalue weighted by atomic mass is 10.3. The van der Waals surface area contributed by atoms with Crippen LogP contribution in [0.3, 0.4) is 0 Å². The zero-order valence-corrected chi connectivity index (χ0v) is 5.13. The summed E-state index contributed by atoms with van der Waals surface area (Å²) in [4.78, 5) is 3.57. The molecule has 0 saturated carbocycles. The molecular formula is C7H7FN. The largest absolute Gasteiger partial charge is 0.225 e. The standard InChI is InChI=1S/C7H7FN/c1-2-6-4-3-5-7(8)9-6/h2-5H,1H3. The van der Waals surface area contributed by atoms with Crippen LogP contribution in [0.25, 0.3) is 0 Å². The number of hydrogen-bond donors (Lipinski definition) is 0. The molecule has 1 rings (SSSR count). The summed E-state index contributed by atoms with van der Waals surface area (Å²) in [5.74, 6) is -0.425. The summed E-state index contributed by atoms with van der Waals surface area (Å²) in [5.41, 5.74) is 0.676. The molecule has 1 nitrogen and oxygen atoms in total. The van der Waals surface area contributed by atoms with Crippen molar-refractivity contribution >= 4 is 0 Å². The third-order valence-electron chi connectivity index (χ3n) is 1.03. The molecule has 0 amide bonds. The smallest absolute Gasteiger partial charge is 0.213 e.